The van der Waals surface area contributed by atoms with E-state index in [9.17, 15) is 0 Å². The molecule has 1 heterocycles. The Morgan fingerprint density at radius 2 is 2.06 bits per heavy atom. The van der Waals surface area contributed by atoms with Gasteiger partial charge in [-0.2, -0.15) is 0 Å². The van der Waals surface area contributed by atoms with Crippen LogP contribution in [0.2, 0.25) is 0 Å². The lowest BCUT2D eigenvalue weighted by Gasteiger charge is -2.22. The average Bonchev–Trinajstić information content (AvgIpc) is 2.62. The Hall–Kier alpha value is -1.22. The molecular weight excluding hydrogens is 224 g/mol. The summed E-state index contributed by atoms with van der Waals surface area (Å²) in [7, 11) is 0. The second-order valence-electron chi connectivity index (χ2n) is 4.97. The summed E-state index contributed by atoms with van der Waals surface area (Å²) in [6.07, 6.45) is 2.26. The molecule has 3 nitrogen and oxygen atoms in total. The van der Waals surface area contributed by atoms with Crippen LogP contribution in [0.5, 0.6) is 5.75 Å². The third-order valence-corrected chi connectivity index (χ3v) is 3.38. The molecule has 0 amide bonds. The molecule has 1 saturated heterocycles. The van der Waals surface area contributed by atoms with Gasteiger partial charge >= 0.3 is 0 Å². The van der Waals surface area contributed by atoms with Crippen LogP contribution in [0.1, 0.15) is 26.7 Å². The lowest BCUT2D eigenvalue weighted by Crippen LogP contribution is -2.28. The molecule has 0 radical (unpaired) electrons. The molecule has 100 valence electrons. The van der Waals surface area contributed by atoms with Gasteiger partial charge in [-0.3, -0.25) is 0 Å². The first-order chi connectivity index (χ1) is 8.79. The average molecular weight is 248 g/mol. The smallest absolute Gasteiger partial charge is 0.119 e. The summed E-state index contributed by atoms with van der Waals surface area (Å²) in [6.45, 7) is 8.45. The van der Waals surface area contributed by atoms with Gasteiger partial charge < -0.3 is 15.0 Å². The number of anilines is 1. The van der Waals surface area contributed by atoms with Crippen molar-refractivity contribution >= 4 is 5.69 Å². The maximum absolute atomic E-state index is 5.61. The van der Waals surface area contributed by atoms with Gasteiger partial charge in [-0.15, -0.1) is 0 Å². The van der Waals surface area contributed by atoms with Crippen LogP contribution in [-0.4, -0.2) is 32.3 Å². The third-order valence-electron chi connectivity index (χ3n) is 3.38. The van der Waals surface area contributed by atoms with Crippen LogP contribution in [0, 0.1) is 0 Å². The van der Waals surface area contributed by atoms with Crippen LogP contribution in [0.3, 0.4) is 0 Å². The minimum absolute atomic E-state index is 0.627. The summed E-state index contributed by atoms with van der Waals surface area (Å²) in [5, 5.41) is 3.52. The minimum atomic E-state index is 0.627. The van der Waals surface area contributed by atoms with Crippen molar-refractivity contribution in [3.8, 4) is 5.75 Å². The van der Waals surface area contributed by atoms with Crippen molar-refractivity contribution in [3.05, 3.63) is 24.3 Å². The van der Waals surface area contributed by atoms with E-state index >= 15 is 0 Å². The number of nitrogens with zero attached hydrogens (tertiary/aromatic N) is 1. The van der Waals surface area contributed by atoms with E-state index in [0.717, 1.165) is 38.4 Å². The Balaban J connectivity index is 1.95. The standard InChI is InChI=1S/C15H24N2O/c1-3-12-18-15-6-4-14(5-7-15)17-10-8-13(2)16-9-11-17/h4-7,13,16H,3,8-12H2,1-2H3. The van der Waals surface area contributed by atoms with Gasteiger partial charge in [0.2, 0.25) is 0 Å². The first kappa shape index (κ1) is 13.2. The Kier molecular flexibility index (Phi) is 4.88. The summed E-state index contributed by atoms with van der Waals surface area (Å²) in [5.41, 5.74) is 1.30. The second-order valence-corrected chi connectivity index (χ2v) is 4.97. The Morgan fingerprint density at radius 1 is 1.28 bits per heavy atom. The number of nitrogens with one attached hydrogen (secondary N) is 1. The predicted molar refractivity (Wildman–Crippen MR) is 76.5 cm³/mol. The highest BCUT2D eigenvalue weighted by molar-refractivity contribution is 5.49. The fourth-order valence-corrected chi connectivity index (χ4v) is 2.24. The zero-order valence-electron chi connectivity index (χ0n) is 11.5. The first-order valence-corrected chi connectivity index (χ1v) is 7.01. The lowest BCUT2D eigenvalue weighted by atomic mass is 10.2. The van der Waals surface area contributed by atoms with Crippen LogP contribution in [0.25, 0.3) is 0 Å². The topological polar surface area (TPSA) is 24.5 Å². The molecule has 1 N–H and O–H groups in total. The van der Waals surface area contributed by atoms with Gasteiger partial charge in [0.25, 0.3) is 0 Å². The molecular formula is C15H24N2O. The van der Waals surface area contributed by atoms with Crippen LogP contribution in [-0.2, 0) is 0 Å². The summed E-state index contributed by atoms with van der Waals surface area (Å²) in [5.74, 6) is 0.974. The minimum Gasteiger partial charge on any atom is -0.494 e. The number of rotatable bonds is 4. The van der Waals surface area contributed by atoms with Crippen molar-refractivity contribution < 1.29 is 4.74 Å². The van der Waals surface area contributed by atoms with E-state index in [4.69, 9.17) is 4.74 Å². The first-order valence-electron chi connectivity index (χ1n) is 7.01. The summed E-state index contributed by atoms with van der Waals surface area (Å²) >= 11 is 0. The molecule has 0 spiro atoms. The zero-order chi connectivity index (χ0) is 12.8. The van der Waals surface area contributed by atoms with Crippen LogP contribution < -0.4 is 15.0 Å². The van der Waals surface area contributed by atoms with Crippen LogP contribution in [0.15, 0.2) is 24.3 Å². The highest BCUT2D eigenvalue weighted by Crippen LogP contribution is 2.20. The van der Waals surface area contributed by atoms with E-state index < -0.39 is 0 Å². The zero-order valence-corrected chi connectivity index (χ0v) is 11.5. The van der Waals surface area contributed by atoms with Gasteiger partial charge in [-0.05, 0) is 44.0 Å². The van der Waals surface area contributed by atoms with Gasteiger partial charge in [0.1, 0.15) is 5.75 Å². The van der Waals surface area contributed by atoms with Gasteiger partial charge in [0.05, 0.1) is 6.61 Å². The Labute approximate surface area is 110 Å². The van der Waals surface area contributed by atoms with Gasteiger partial charge in [-0.1, -0.05) is 6.92 Å². The van der Waals surface area contributed by atoms with Crippen molar-refractivity contribution in [3.63, 3.8) is 0 Å². The largest absolute Gasteiger partial charge is 0.494 e. The summed E-state index contributed by atoms with van der Waals surface area (Å²) in [6, 6.07) is 9.11. The molecule has 18 heavy (non-hydrogen) atoms. The molecule has 1 fully saturated rings. The maximum Gasteiger partial charge on any atom is 0.119 e. The van der Waals surface area contributed by atoms with Crippen molar-refractivity contribution in [2.75, 3.05) is 31.1 Å². The van der Waals surface area contributed by atoms with Gasteiger partial charge in [0, 0.05) is 31.4 Å². The molecule has 1 atom stereocenters. The summed E-state index contributed by atoms with van der Waals surface area (Å²) < 4.78 is 5.61. The quantitative estimate of drug-likeness (QED) is 0.886. The molecule has 1 aliphatic rings. The predicted octanol–water partition coefficient (Wildman–Crippen LogP) is 2.66. The fraction of sp³-hybridized carbons (Fsp3) is 0.600. The molecule has 0 aromatic heterocycles. The second kappa shape index (κ2) is 6.64. The van der Waals surface area contributed by atoms with E-state index in [1.165, 1.54) is 12.1 Å². The molecule has 0 aliphatic carbocycles. The number of hydrogen-bond donors (Lipinski definition) is 1. The van der Waals surface area contributed by atoms with E-state index in [-0.39, 0.29) is 0 Å². The highest BCUT2D eigenvalue weighted by atomic mass is 16.5. The molecule has 1 aliphatic heterocycles. The van der Waals surface area contributed by atoms with Gasteiger partial charge in [-0.25, -0.2) is 0 Å². The van der Waals surface area contributed by atoms with E-state index in [1.54, 1.807) is 0 Å². The molecule has 1 unspecified atom stereocenters. The SMILES string of the molecule is CCCOc1ccc(N2CCNC(C)CC2)cc1. The fourth-order valence-electron chi connectivity index (χ4n) is 2.24. The van der Waals surface area contributed by atoms with Crippen LogP contribution in [0.4, 0.5) is 5.69 Å². The number of hydrogen-bond acceptors (Lipinski definition) is 3. The normalized spacial score (nSPS) is 20.6. The van der Waals surface area contributed by atoms with Crippen molar-refractivity contribution in [2.45, 2.75) is 32.7 Å². The Morgan fingerprint density at radius 3 is 2.78 bits per heavy atom. The third kappa shape index (κ3) is 3.64. The monoisotopic (exact) mass is 248 g/mol. The molecule has 2 rings (SSSR count). The van der Waals surface area contributed by atoms with Crippen molar-refractivity contribution in [1.82, 2.24) is 5.32 Å². The molecule has 0 bridgehead atoms. The molecule has 3 heteroatoms. The van der Waals surface area contributed by atoms with E-state index in [1.807, 2.05) is 0 Å². The molecule has 0 saturated carbocycles. The number of ether oxygens (including phenoxy) is 1. The van der Waals surface area contributed by atoms with E-state index in [0.29, 0.717) is 6.04 Å². The molecule has 1 aromatic rings. The van der Waals surface area contributed by atoms with Crippen LogP contribution >= 0.6 is 0 Å². The lowest BCUT2D eigenvalue weighted by molar-refractivity contribution is 0.317. The van der Waals surface area contributed by atoms with Gasteiger partial charge in [0.15, 0.2) is 0 Å². The summed E-state index contributed by atoms with van der Waals surface area (Å²) in [4.78, 5) is 2.44. The number of benzene rings is 1. The Bertz CT molecular complexity index is 350. The maximum atomic E-state index is 5.61. The molecule has 1 aromatic carbocycles. The van der Waals surface area contributed by atoms with Crippen molar-refractivity contribution in [1.29, 1.82) is 0 Å². The van der Waals surface area contributed by atoms with Crippen molar-refractivity contribution in [2.24, 2.45) is 0 Å². The van der Waals surface area contributed by atoms with E-state index in [2.05, 4.69) is 48.3 Å². The highest BCUT2D eigenvalue weighted by Gasteiger charge is 2.13.